The van der Waals surface area contributed by atoms with Crippen LogP contribution in [0.1, 0.15) is 40.0 Å². The van der Waals surface area contributed by atoms with Gasteiger partial charge >= 0.3 is 5.97 Å². The maximum Gasteiger partial charge on any atom is 0.305 e. The van der Waals surface area contributed by atoms with Crippen LogP contribution in [-0.4, -0.2) is 59.8 Å². The van der Waals surface area contributed by atoms with Crippen LogP contribution in [0.15, 0.2) is 0 Å². The van der Waals surface area contributed by atoms with Gasteiger partial charge in [-0.15, -0.1) is 0 Å². The number of hydrogen-bond donors (Lipinski definition) is 2. The highest BCUT2D eigenvalue weighted by atomic mass is 16.5. The number of hydrogen-bond acceptors (Lipinski definition) is 4. The first-order valence-corrected chi connectivity index (χ1v) is 7.28. The summed E-state index contributed by atoms with van der Waals surface area (Å²) in [6.45, 7) is 7.71. The lowest BCUT2D eigenvalue weighted by Gasteiger charge is -2.35. The van der Waals surface area contributed by atoms with Crippen LogP contribution < -0.4 is 5.32 Å². The molecule has 0 aromatic carbocycles. The molecule has 1 aliphatic rings. The molecule has 2 N–H and O–H groups in total. The van der Waals surface area contributed by atoms with Crippen molar-refractivity contribution in [3.63, 3.8) is 0 Å². The van der Waals surface area contributed by atoms with Crippen molar-refractivity contribution >= 4 is 11.9 Å². The van der Waals surface area contributed by atoms with Crippen LogP contribution in [0.4, 0.5) is 0 Å². The molecule has 6 heteroatoms. The minimum atomic E-state index is -0.832. The first-order valence-electron chi connectivity index (χ1n) is 7.28. The van der Waals surface area contributed by atoms with Gasteiger partial charge < -0.3 is 15.2 Å². The molecule has 116 valence electrons. The summed E-state index contributed by atoms with van der Waals surface area (Å²) in [6, 6.07) is 0.0270. The van der Waals surface area contributed by atoms with Gasteiger partial charge in [0.25, 0.3) is 0 Å². The third-order valence-corrected chi connectivity index (χ3v) is 3.50. The number of piperidine rings is 1. The minimum Gasteiger partial charge on any atom is -0.481 e. The van der Waals surface area contributed by atoms with Crippen LogP contribution in [-0.2, 0) is 14.3 Å². The van der Waals surface area contributed by atoms with E-state index in [-0.39, 0.29) is 37.1 Å². The molecule has 1 fully saturated rings. The molecule has 0 aromatic rings. The van der Waals surface area contributed by atoms with Gasteiger partial charge in [-0.25, -0.2) is 0 Å². The number of nitrogens with one attached hydrogen (secondary N) is 1. The zero-order chi connectivity index (χ0) is 15.1. The van der Waals surface area contributed by atoms with E-state index in [1.165, 1.54) is 0 Å². The van der Waals surface area contributed by atoms with Crippen molar-refractivity contribution in [2.75, 3.05) is 19.7 Å². The van der Waals surface area contributed by atoms with Crippen LogP contribution in [0.3, 0.4) is 0 Å². The Morgan fingerprint density at radius 3 is 2.40 bits per heavy atom. The van der Waals surface area contributed by atoms with E-state index in [0.717, 1.165) is 25.9 Å². The average molecular weight is 286 g/mol. The molecule has 0 spiro atoms. The summed E-state index contributed by atoms with van der Waals surface area (Å²) >= 11 is 0. The number of ether oxygens (including phenoxy) is 1. The Labute approximate surface area is 120 Å². The van der Waals surface area contributed by atoms with Crippen LogP contribution >= 0.6 is 0 Å². The quantitative estimate of drug-likeness (QED) is 0.725. The minimum absolute atomic E-state index is 0.0490. The number of amides is 1. The summed E-state index contributed by atoms with van der Waals surface area (Å²) in [5, 5.41) is 11.5. The number of carbonyl (C=O) groups excluding carboxylic acids is 1. The van der Waals surface area contributed by atoms with Gasteiger partial charge in [0.1, 0.15) is 0 Å². The standard InChI is InChI=1S/C14H26N2O4/c1-10(2)15-14(19)11(3)16-7-4-12(5-8-16)20-9-6-13(17)18/h10-12H,4-9H2,1-3H3,(H,15,19)(H,17,18). The zero-order valence-corrected chi connectivity index (χ0v) is 12.6. The molecular formula is C14H26N2O4. The summed E-state index contributed by atoms with van der Waals surface area (Å²) in [5.74, 6) is -0.772. The van der Waals surface area contributed by atoms with E-state index in [0.29, 0.717) is 0 Å². The SMILES string of the molecule is CC(C)NC(=O)C(C)N1CCC(OCCC(=O)O)CC1. The zero-order valence-electron chi connectivity index (χ0n) is 12.6. The Morgan fingerprint density at radius 1 is 1.30 bits per heavy atom. The number of carboxylic acids is 1. The maximum atomic E-state index is 11.9. The monoisotopic (exact) mass is 286 g/mol. The molecule has 6 nitrogen and oxygen atoms in total. The second-order valence-corrected chi connectivity index (χ2v) is 5.59. The smallest absolute Gasteiger partial charge is 0.305 e. The van der Waals surface area contributed by atoms with Crippen LogP contribution in [0.25, 0.3) is 0 Å². The molecule has 0 aromatic heterocycles. The molecule has 20 heavy (non-hydrogen) atoms. The number of rotatable bonds is 7. The number of carboxylic acid groups (broad SMARTS) is 1. The van der Waals surface area contributed by atoms with E-state index in [1.54, 1.807) is 0 Å². The average Bonchev–Trinajstić information content (AvgIpc) is 2.37. The summed E-state index contributed by atoms with van der Waals surface area (Å²) in [5.41, 5.74) is 0. The Morgan fingerprint density at radius 2 is 1.90 bits per heavy atom. The van der Waals surface area contributed by atoms with Crippen molar-refractivity contribution in [3.05, 3.63) is 0 Å². The fourth-order valence-corrected chi connectivity index (χ4v) is 2.31. The van der Waals surface area contributed by atoms with Crippen molar-refractivity contribution in [2.24, 2.45) is 0 Å². The fourth-order valence-electron chi connectivity index (χ4n) is 2.31. The Bertz CT molecular complexity index is 325. The normalized spacial score (nSPS) is 19.0. The lowest BCUT2D eigenvalue weighted by molar-refractivity contribution is -0.139. The van der Waals surface area contributed by atoms with Gasteiger partial charge in [0.2, 0.25) is 5.91 Å². The highest BCUT2D eigenvalue weighted by Crippen LogP contribution is 2.16. The number of aliphatic carboxylic acids is 1. The van der Waals surface area contributed by atoms with Crippen LogP contribution in [0.5, 0.6) is 0 Å². The van der Waals surface area contributed by atoms with Crippen molar-refractivity contribution in [1.82, 2.24) is 10.2 Å². The van der Waals surface area contributed by atoms with Crippen molar-refractivity contribution < 1.29 is 19.4 Å². The summed E-state index contributed by atoms with van der Waals surface area (Å²) in [6.07, 6.45) is 1.86. The van der Waals surface area contributed by atoms with Gasteiger partial charge in [0.05, 0.1) is 25.2 Å². The molecule has 1 atom stereocenters. The van der Waals surface area contributed by atoms with E-state index in [4.69, 9.17) is 9.84 Å². The van der Waals surface area contributed by atoms with Gasteiger partial charge in [0, 0.05) is 19.1 Å². The molecule has 1 amide bonds. The number of carbonyl (C=O) groups is 2. The Hall–Kier alpha value is -1.14. The molecule has 0 radical (unpaired) electrons. The molecule has 1 heterocycles. The molecule has 0 bridgehead atoms. The third-order valence-electron chi connectivity index (χ3n) is 3.50. The lowest BCUT2D eigenvalue weighted by Crippen LogP contribution is -2.50. The highest BCUT2D eigenvalue weighted by molar-refractivity contribution is 5.81. The molecule has 1 rings (SSSR count). The summed E-state index contributed by atoms with van der Waals surface area (Å²) < 4.78 is 5.54. The number of likely N-dealkylation sites (tertiary alicyclic amines) is 1. The van der Waals surface area contributed by atoms with Gasteiger partial charge in [-0.05, 0) is 33.6 Å². The number of nitrogens with zero attached hydrogens (tertiary/aromatic N) is 1. The molecular weight excluding hydrogens is 260 g/mol. The first kappa shape index (κ1) is 16.9. The fraction of sp³-hybridized carbons (Fsp3) is 0.857. The van der Waals surface area contributed by atoms with E-state index in [1.807, 2.05) is 20.8 Å². The largest absolute Gasteiger partial charge is 0.481 e. The van der Waals surface area contributed by atoms with Crippen LogP contribution in [0.2, 0.25) is 0 Å². The highest BCUT2D eigenvalue weighted by Gasteiger charge is 2.27. The first-order chi connectivity index (χ1) is 9.40. The predicted molar refractivity (Wildman–Crippen MR) is 75.5 cm³/mol. The molecule has 0 saturated carbocycles. The van der Waals surface area contributed by atoms with Crippen molar-refractivity contribution in [1.29, 1.82) is 0 Å². The topological polar surface area (TPSA) is 78.9 Å². The van der Waals surface area contributed by atoms with Crippen LogP contribution in [0, 0.1) is 0 Å². The van der Waals surface area contributed by atoms with E-state index < -0.39 is 5.97 Å². The van der Waals surface area contributed by atoms with E-state index in [2.05, 4.69) is 10.2 Å². The van der Waals surface area contributed by atoms with E-state index in [9.17, 15) is 9.59 Å². The Kier molecular flexibility index (Phi) is 6.95. The van der Waals surface area contributed by atoms with E-state index >= 15 is 0 Å². The van der Waals surface area contributed by atoms with Gasteiger partial charge in [0.15, 0.2) is 0 Å². The Balaban J connectivity index is 2.27. The van der Waals surface area contributed by atoms with Gasteiger partial charge in [-0.3, -0.25) is 14.5 Å². The van der Waals surface area contributed by atoms with Crippen molar-refractivity contribution in [2.45, 2.75) is 58.2 Å². The third kappa shape index (κ3) is 5.88. The van der Waals surface area contributed by atoms with Gasteiger partial charge in [-0.1, -0.05) is 0 Å². The van der Waals surface area contributed by atoms with Crippen molar-refractivity contribution in [3.8, 4) is 0 Å². The second-order valence-electron chi connectivity index (χ2n) is 5.59. The molecule has 1 saturated heterocycles. The second kappa shape index (κ2) is 8.21. The summed E-state index contributed by atoms with van der Waals surface area (Å²) in [4.78, 5) is 24.5. The lowest BCUT2D eigenvalue weighted by atomic mass is 10.1. The predicted octanol–water partition coefficient (Wildman–Crippen LogP) is 0.855. The molecule has 0 aliphatic carbocycles. The maximum absolute atomic E-state index is 11.9. The molecule has 1 aliphatic heterocycles. The summed E-state index contributed by atoms with van der Waals surface area (Å²) in [7, 11) is 0. The van der Waals surface area contributed by atoms with Gasteiger partial charge in [-0.2, -0.15) is 0 Å². The molecule has 1 unspecified atom stereocenters.